The van der Waals surface area contributed by atoms with Gasteiger partial charge in [-0.3, -0.25) is 4.79 Å². The minimum Gasteiger partial charge on any atom is -0.465 e. The topological polar surface area (TPSA) is 66.2 Å². The van der Waals surface area contributed by atoms with E-state index in [-0.39, 0.29) is 40.3 Å². The number of pyridine rings is 1. The molecule has 0 unspecified atom stereocenters. The number of rotatable bonds is 6. The summed E-state index contributed by atoms with van der Waals surface area (Å²) in [5.41, 5.74) is -0.878. The maximum absolute atomic E-state index is 13.7. The van der Waals surface area contributed by atoms with E-state index in [0.29, 0.717) is 0 Å². The molecule has 2 aromatic heterocycles. The largest absolute Gasteiger partial charge is 0.465 e. The number of hydrogen-bond donors (Lipinski definition) is 0. The van der Waals surface area contributed by atoms with Crippen LogP contribution in [0.5, 0.6) is 5.75 Å². The summed E-state index contributed by atoms with van der Waals surface area (Å²) in [6, 6.07) is 5.87. The van der Waals surface area contributed by atoms with Crippen molar-refractivity contribution in [2.24, 2.45) is 0 Å². The van der Waals surface area contributed by atoms with Gasteiger partial charge in [0, 0.05) is 5.56 Å². The summed E-state index contributed by atoms with van der Waals surface area (Å²) < 4.78 is 75.9. The van der Waals surface area contributed by atoms with Crippen LogP contribution in [0.15, 0.2) is 30.3 Å². The molecule has 0 bridgehead atoms. The molecule has 0 aliphatic heterocycles. The fraction of sp³-hybridized carbons (Fsp3) is 0.316. The van der Waals surface area contributed by atoms with Crippen LogP contribution in [0.25, 0.3) is 22.3 Å². The molecule has 0 aliphatic carbocycles. The Balaban J connectivity index is 2.14. The summed E-state index contributed by atoms with van der Waals surface area (Å²) in [6.07, 6.45) is -4.71. The third-order valence-electron chi connectivity index (χ3n) is 4.14. The summed E-state index contributed by atoms with van der Waals surface area (Å²) in [5.74, 6) is -0.815. The predicted octanol–water partition coefficient (Wildman–Crippen LogP) is 4.59. The van der Waals surface area contributed by atoms with Gasteiger partial charge in [0.15, 0.2) is 5.65 Å². The highest BCUT2D eigenvalue weighted by Gasteiger charge is 2.36. The zero-order valence-corrected chi connectivity index (χ0v) is 15.8. The fourth-order valence-corrected chi connectivity index (χ4v) is 2.97. The summed E-state index contributed by atoms with van der Waals surface area (Å²) in [5, 5.41) is 3.79. The number of nitrogens with zero attached hydrogens (tertiary/aromatic N) is 3. The van der Waals surface area contributed by atoms with Crippen LogP contribution in [-0.2, 0) is 22.3 Å². The Morgan fingerprint density at radius 3 is 2.43 bits per heavy atom. The number of benzene rings is 1. The van der Waals surface area contributed by atoms with Crippen molar-refractivity contribution in [1.29, 1.82) is 0 Å². The predicted molar refractivity (Wildman–Crippen MR) is 96.0 cm³/mol. The Labute approximate surface area is 167 Å². The van der Waals surface area contributed by atoms with Crippen molar-refractivity contribution in [1.82, 2.24) is 14.8 Å². The van der Waals surface area contributed by atoms with Gasteiger partial charge in [0.2, 0.25) is 0 Å². The van der Waals surface area contributed by atoms with E-state index < -0.39 is 30.9 Å². The van der Waals surface area contributed by atoms with Crippen LogP contribution in [0.2, 0.25) is 0 Å². The van der Waals surface area contributed by atoms with Gasteiger partial charge in [-0.15, -0.1) is 0 Å². The standard InChI is InChI=1S/C19H16F5N3O3/c1-3-29-15(28)9-27-17-16(10(2)26-27)13(19(22,23)24)8-14(25-17)11-4-6-12(7-5-11)30-18(20)21/h4-8,18H,3,9H2,1-2H3. The van der Waals surface area contributed by atoms with E-state index in [0.717, 1.165) is 10.7 Å². The first kappa shape index (κ1) is 21.5. The van der Waals surface area contributed by atoms with Gasteiger partial charge in [-0.25, -0.2) is 9.67 Å². The molecule has 2 heterocycles. The number of esters is 1. The molecule has 0 saturated carbocycles. The highest BCUT2D eigenvalue weighted by atomic mass is 19.4. The zero-order chi connectivity index (χ0) is 22.1. The Bertz CT molecular complexity index is 1060. The lowest BCUT2D eigenvalue weighted by molar-refractivity contribution is -0.144. The number of ether oxygens (including phenoxy) is 2. The molecule has 30 heavy (non-hydrogen) atoms. The second-order valence-electron chi connectivity index (χ2n) is 6.20. The monoisotopic (exact) mass is 429 g/mol. The van der Waals surface area contributed by atoms with Crippen molar-refractivity contribution in [3.63, 3.8) is 0 Å². The molecule has 160 valence electrons. The quantitative estimate of drug-likeness (QED) is 0.424. The second-order valence-corrected chi connectivity index (χ2v) is 6.20. The number of carbonyl (C=O) groups is 1. The lowest BCUT2D eigenvalue weighted by Gasteiger charge is -2.12. The van der Waals surface area contributed by atoms with E-state index in [1.807, 2.05) is 0 Å². The highest BCUT2D eigenvalue weighted by Crippen LogP contribution is 2.38. The lowest BCUT2D eigenvalue weighted by atomic mass is 10.1. The third-order valence-corrected chi connectivity index (χ3v) is 4.14. The average Bonchev–Trinajstić information content (AvgIpc) is 2.96. The van der Waals surface area contributed by atoms with Gasteiger partial charge in [-0.05, 0) is 44.2 Å². The molecule has 0 radical (unpaired) electrons. The van der Waals surface area contributed by atoms with Crippen LogP contribution in [0.3, 0.4) is 0 Å². The van der Waals surface area contributed by atoms with Crippen LogP contribution in [0.1, 0.15) is 18.2 Å². The van der Waals surface area contributed by atoms with Crippen LogP contribution < -0.4 is 4.74 Å². The van der Waals surface area contributed by atoms with E-state index in [1.54, 1.807) is 6.92 Å². The minimum absolute atomic E-state index is 0.0568. The van der Waals surface area contributed by atoms with Crippen molar-refractivity contribution < 1.29 is 36.2 Å². The van der Waals surface area contributed by atoms with Crippen molar-refractivity contribution in [2.45, 2.75) is 33.2 Å². The number of aromatic nitrogens is 3. The smallest absolute Gasteiger partial charge is 0.417 e. The van der Waals surface area contributed by atoms with Crippen molar-refractivity contribution >= 4 is 17.0 Å². The molecule has 6 nitrogen and oxygen atoms in total. The molecule has 1 aromatic carbocycles. The van der Waals surface area contributed by atoms with E-state index in [2.05, 4.69) is 14.8 Å². The molecule has 11 heteroatoms. The van der Waals surface area contributed by atoms with E-state index in [9.17, 15) is 26.7 Å². The van der Waals surface area contributed by atoms with Gasteiger partial charge in [0.05, 0.1) is 28.9 Å². The first-order valence-corrected chi connectivity index (χ1v) is 8.76. The summed E-state index contributed by atoms with van der Waals surface area (Å²) >= 11 is 0. The van der Waals surface area contributed by atoms with Crippen molar-refractivity contribution in [3.05, 3.63) is 41.6 Å². The molecular formula is C19H16F5N3O3. The Hall–Kier alpha value is -3.24. The van der Waals surface area contributed by atoms with Crippen molar-refractivity contribution in [3.8, 4) is 17.0 Å². The SMILES string of the molecule is CCOC(=O)Cn1nc(C)c2c(C(F)(F)F)cc(-c3ccc(OC(F)F)cc3)nc21. The van der Waals surface area contributed by atoms with Crippen LogP contribution in [0.4, 0.5) is 22.0 Å². The third kappa shape index (κ3) is 4.50. The number of aryl methyl sites for hydroxylation is 1. The maximum Gasteiger partial charge on any atom is 0.417 e. The minimum atomic E-state index is -4.71. The molecule has 3 aromatic rings. The molecular weight excluding hydrogens is 413 g/mol. The average molecular weight is 429 g/mol. The Morgan fingerprint density at radius 1 is 1.20 bits per heavy atom. The maximum atomic E-state index is 13.7. The number of alkyl halides is 5. The van der Waals surface area contributed by atoms with E-state index >= 15 is 0 Å². The normalized spacial score (nSPS) is 11.9. The molecule has 0 saturated heterocycles. The Morgan fingerprint density at radius 2 is 1.87 bits per heavy atom. The molecule has 0 spiro atoms. The number of halogens is 5. The molecule has 0 atom stereocenters. The van der Waals surface area contributed by atoms with Gasteiger partial charge < -0.3 is 9.47 Å². The number of fused-ring (bicyclic) bond motifs is 1. The van der Waals surface area contributed by atoms with E-state index in [4.69, 9.17) is 4.74 Å². The van der Waals surface area contributed by atoms with Crippen LogP contribution in [-0.4, -0.2) is 34.0 Å². The fourth-order valence-electron chi connectivity index (χ4n) is 2.97. The van der Waals surface area contributed by atoms with Gasteiger partial charge in [0.1, 0.15) is 12.3 Å². The van der Waals surface area contributed by atoms with Gasteiger partial charge in [-0.2, -0.15) is 27.1 Å². The number of carbonyl (C=O) groups excluding carboxylic acids is 1. The Kier molecular flexibility index (Phi) is 5.90. The highest BCUT2D eigenvalue weighted by molar-refractivity contribution is 5.86. The van der Waals surface area contributed by atoms with Crippen LogP contribution in [0, 0.1) is 6.92 Å². The van der Waals surface area contributed by atoms with Crippen LogP contribution >= 0.6 is 0 Å². The summed E-state index contributed by atoms with van der Waals surface area (Å²) in [7, 11) is 0. The van der Waals surface area contributed by atoms with Crippen molar-refractivity contribution in [2.75, 3.05) is 6.61 Å². The van der Waals surface area contributed by atoms with Gasteiger partial charge >= 0.3 is 18.8 Å². The molecule has 3 rings (SSSR count). The lowest BCUT2D eigenvalue weighted by Crippen LogP contribution is -2.15. The molecule has 0 N–H and O–H groups in total. The first-order chi connectivity index (χ1) is 14.1. The summed E-state index contributed by atoms with van der Waals surface area (Å²) in [4.78, 5) is 16.1. The zero-order valence-electron chi connectivity index (χ0n) is 15.8. The summed E-state index contributed by atoms with van der Waals surface area (Å²) in [6.45, 7) is -0.341. The van der Waals surface area contributed by atoms with Gasteiger partial charge in [-0.1, -0.05) is 0 Å². The first-order valence-electron chi connectivity index (χ1n) is 8.76. The van der Waals surface area contributed by atoms with E-state index in [1.165, 1.54) is 31.2 Å². The molecule has 0 aliphatic rings. The molecule has 0 amide bonds. The van der Waals surface area contributed by atoms with Gasteiger partial charge in [0.25, 0.3) is 0 Å². The second kappa shape index (κ2) is 8.25. The molecule has 0 fully saturated rings. The number of hydrogen-bond acceptors (Lipinski definition) is 5.